The van der Waals surface area contributed by atoms with Crippen LogP contribution in [0.5, 0.6) is 0 Å². The summed E-state index contributed by atoms with van der Waals surface area (Å²) in [6, 6.07) is 5.51. The van der Waals surface area contributed by atoms with Crippen molar-refractivity contribution in [3.05, 3.63) is 35.7 Å². The number of anilines is 1. The van der Waals surface area contributed by atoms with Gasteiger partial charge in [-0.3, -0.25) is 9.59 Å². The summed E-state index contributed by atoms with van der Waals surface area (Å²) in [6.07, 6.45) is 1.57. The zero-order valence-corrected chi connectivity index (χ0v) is 13.7. The minimum Gasteiger partial charge on any atom is -0.444 e. The summed E-state index contributed by atoms with van der Waals surface area (Å²) >= 11 is 0. The third kappa shape index (κ3) is 5.08. The number of amides is 2. The summed E-state index contributed by atoms with van der Waals surface area (Å²) in [5, 5.41) is 5.16. The maximum atomic E-state index is 11.8. The van der Waals surface area contributed by atoms with Crippen molar-refractivity contribution in [2.75, 3.05) is 18.4 Å². The van der Waals surface area contributed by atoms with Crippen molar-refractivity contribution >= 4 is 29.9 Å². The molecular weight excluding hydrogens is 320 g/mol. The Hall–Kier alpha value is -2.38. The molecule has 0 saturated carbocycles. The molecule has 124 valence electrons. The first-order chi connectivity index (χ1) is 10.5. The SMILES string of the molecule is Cc1coc(-c2ccc(C)c(NC(=O)CNC(=O)CN)c2)n1.Cl. The number of benzene rings is 1. The summed E-state index contributed by atoms with van der Waals surface area (Å²) in [4.78, 5) is 27.1. The van der Waals surface area contributed by atoms with Crippen LogP contribution in [-0.2, 0) is 9.59 Å². The molecule has 4 N–H and O–H groups in total. The van der Waals surface area contributed by atoms with E-state index >= 15 is 0 Å². The molecule has 7 nitrogen and oxygen atoms in total. The standard InChI is InChI=1S/C15H18N4O3.ClH/c1-9-3-4-11(15-18-10(2)8-22-15)5-12(9)19-14(21)7-17-13(20)6-16;/h3-5,8H,6-7,16H2,1-2H3,(H,17,20)(H,19,21);1H. The molecule has 2 amide bonds. The molecule has 1 aromatic heterocycles. The van der Waals surface area contributed by atoms with Crippen molar-refractivity contribution in [2.24, 2.45) is 5.73 Å². The van der Waals surface area contributed by atoms with Gasteiger partial charge < -0.3 is 20.8 Å². The number of aromatic nitrogens is 1. The minimum absolute atomic E-state index is 0. The number of oxazole rings is 1. The number of rotatable bonds is 5. The summed E-state index contributed by atoms with van der Waals surface area (Å²) in [5.74, 6) is -0.217. The molecule has 0 saturated heterocycles. The average molecular weight is 339 g/mol. The first-order valence-corrected chi connectivity index (χ1v) is 6.79. The maximum absolute atomic E-state index is 11.8. The second kappa shape index (κ2) is 8.30. The van der Waals surface area contributed by atoms with Gasteiger partial charge in [-0.1, -0.05) is 6.07 Å². The fraction of sp³-hybridized carbons (Fsp3) is 0.267. The Morgan fingerprint density at radius 1 is 1.26 bits per heavy atom. The monoisotopic (exact) mass is 338 g/mol. The summed E-state index contributed by atoms with van der Waals surface area (Å²) < 4.78 is 5.35. The van der Waals surface area contributed by atoms with Gasteiger partial charge in [-0.05, 0) is 31.5 Å². The normalized spacial score (nSPS) is 9.87. The lowest BCUT2D eigenvalue weighted by molar-refractivity contribution is -0.123. The topological polar surface area (TPSA) is 110 Å². The fourth-order valence-electron chi connectivity index (χ4n) is 1.82. The quantitative estimate of drug-likeness (QED) is 0.763. The highest BCUT2D eigenvalue weighted by Gasteiger charge is 2.10. The molecule has 0 bridgehead atoms. The smallest absolute Gasteiger partial charge is 0.243 e. The maximum Gasteiger partial charge on any atom is 0.243 e. The third-order valence-electron chi connectivity index (χ3n) is 3.01. The van der Waals surface area contributed by atoms with Crippen LogP contribution < -0.4 is 16.4 Å². The highest BCUT2D eigenvalue weighted by atomic mass is 35.5. The van der Waals surface area contributed by atoms with Gasteiger partial charge in [0.2, 0.25) is 17.7 Å². The van der Waals surface area contributed by atoms with Crippen LogP contribution in [0.3, 0.4) is 0 Å². The van der Waals surface area contributed by atoms with Crippen molar-refractivity contribution in [1.82, 2.24) is 10.3 Å². The van der Waals surface area contributed by atoms with Crippen molar-refractivity contribution in [2.45, 2.75) is 13.8 Å². The second-order valence-corrected chi connectivity index (χ2v) is 4.85. The number of nitrogens with one attached hydrogen (secondary N) is 2. The number of carbonyl (C=O) groups excluding carboxylic acids is 2. The predicted octanol–water partition coefficient (Wildman–Crippen LogP) is 1.39. The van der Waals surface area contributed by atoms with Gasteiger partial charge in [0.1, 0.15) is 6.26 Å². The first kappa shape index (κ1) is 18.7. The number of hydrogen-bond acceptors (Lipinski definition) is 5. The highest BCUT2D eigenvalue weighted by Crippen LogP contribution is 2.24. The van der Waals surface area contributed by atoms with Crippen molar-refractivity contribution in [3.63, 3.8) is 0 Å². The third-order valence-corrected chi connectivity index (χ3v) is 3.01. The highest BCUT2D eigenvalue weighted by molar-refractivity contribution is 5.95. The molecule has 0 fully saturated rings. The largest absolute Gasteiger partial charge is 0.444 e. The number of carbonyl (C=O) groups is 2. The zero-order chi connectivity index (χ0) is 16.1. The van der Waals surface area contributed by atoms with E-state index in [0.29, 0.717) is 11.6 Å². The molecule has 23 heavy (non-hydrogen) atoms. The van der Waals surface area contributed by atoms with E-state index in [0.717, 1.165) is 16.8 Å². The Kier molecular flexibility index (Phi) is 6.74. The summed E-state index contributed by atoms with van der Waals surface area (Å²) in [5.41, 5.74) is 8.24. The molecule has 8 heteroatoms. The zero-order valence-electron chi connectivity index (χ0n) is 12.9. The van der Waals surface area contributed by atoms with Crippen LogP contribution in [0.4, 0.5) is 5.69 Å². The Morgan fingerprint density at radius 3 is 2.61 bits per heavy atom. The van der Waals surface area contributed by atoms with Gasteiger partial charge in [-0.2, -0.15) is 0 Å². The molecule has 0 aliphatic carbocycles. The van der Waals surface area contributed by atoms with Crippen LogP contribution in [0.1, 0.15) is 11.3 Å². The molecule has 0 aliphatic rings. The van der Waals surface area contributed by atoms with Gasteiger partial charge in [-0.15, -0.1) is 12.4 Å². The molecule has 1 heterocycles. The molecule has 2 rings (SSSR count). The molecule has 0 aliphatic heterocycles. The molecule has 0 unspecified atom stereocenters. The van der Waals surface area contributed by atoms with Crippen molar-refractivity contribution in [3.8, 4) is 11.5 Å². The van der Waals surface area contributed by atoms with E-state index in [4.69, 9.17) is 10.2 Å². The Bertz CT molecular complexity index is 700. The van der Waals surface area contributed by atoms with Crippen LogP contribution in [0.25, 0.3) is 11.5 Å². The molecule has 0 atom stereocenters. The van der Waals surface area contributed by atoms with Crippen LogP contribution in [-0.4, -0.2) is 29.9 Å². The van der Waals surface area contributed by atoms with E-state index in [2.05, 4.69) is 15.6 Å². The van der Waals surface area contributed by atoms with Crippen LogP contribution in [0, 0.1) is 13.8 Å². The van der Waals surface area contributed by atoms with E-state index in [1.807, 2.05) is 26.0 Å². The second-order valence-electron chi connectivity index (χ2n) is 4.85. The lowest BCUT2D eigenvalue weighted by Gasteiger charge is -2.10. The summed E-state index contributed by atoms with van der Waals surface area (Å²) in [7, 11) is 0. The van der Waals surface area contributed by atoms with Crippen LogP contribution >= 0.6 is 12.4 Å². The van der Waals surface area contributed by atoms with Crippen LogP contribution in [0.15, 0.2) is 28.9 Å². The fourth-order valence-corrected chi connectivity index (χ4v) is 1.82. The number of halogens is 1. The number of nitrogens with two attached hydrogens (primary N) is 1. The van der Waals surface area contributed by atoms with Crippen molar-refractivity contribution < 1.29 is 14.0 Å². The van der Waals surface area contributed by atoms with Crippen LogP contribution in [0.2, 0.25) is 0 Å². The van der Waals surface area contributed by atoms with Gasteiger partial charge in [0.25, 0.3) is 0 Å². The van der Waals surface area contributed by atoms with Gasteiger partial charge >= 0.3 is 0 Å². The van der Waals surface area contributed by atoms with Gasteiger partial charge in [0.05, 0.1) is 18.8 Å². The number of aryl methyl sites for hydroxylation is 2. The lowest BCUT2D eigenvalue weighted by Crippen LogP contribution is -2.36. The molecular formula is C15H19ClN4O3. The molecule has 0 spiro atoms. The van der Waals surface area contributed by atoms with E-state index in [1.54, 1.807) is 12.3 Å². The minimum atomic E-state index is -0.379. The predicted molar refractivity (Wildman–Crippen MR) is 89.4 cm³/mol. The van der Waals surface area contributed by atoms with E-state index < -0.39 is 0 Å². The Morgan fingerprint density at radius 2 is 2.00 bits per heavy atom. The first-order valence-electron chi connectivity index (χ1n) is 6.79. The number of hydrogen-bond donors (Lipinski definition) is 3. The van der Waals surface area contributed by atoms with Gasteiger partial charge in [-0.25, -0.2) is 4.98 Å². The molecule has 2 aromatic rings. The summed E-state index contributed by atoms with van der Waals surface area (Å²) in [6.45, 7) is 3.44. The van der Waals surface area contributed by atoms with E-state index in [1.165, 1.54) is 0 Å². The molecule has 1 aromatic carbocycles. The Labute approximate surface area is 140 Å². The Balaban J connectivity index is 0.00000264. The average Bonchev–Trinajstić information content (AvgIpc) is 2.93. The number of nitrogens with zero attached hydrogens (tertiary/aromatic N) is 1. The van der Waals surface area contributed by atoms with Gasteiger partial charge in [0.15, 0.2) is 0 Å². The van der Waals surface area contributed by atoms with Gasteiger partial charge in [0, 0.05) is 11.3 Å². The lowest BCUT2D eigenvalue weighted by atomic mass is 10.1. The van der Waals surface area contributed by atoms with E-state index in [9.17, 15) is 9.59 Å². The van der Waals surface area contributed by atoms with E-state index in [-0.39, 0.29) is 37.3 Å². The molecule has 0 radical (unpaired) electrons. The van der Waals surface area contributed by atoms with Crippen molar-refractivity contribution in [1.29, 1.82) is 0 Å².